The first-order valence-corrected chi connectivity index (χ1v) is 3.59. The van der Waals surface area contributed by atoms with Crippen molar-refractivity contribution in [3.05, 3.63) is 0 Å². The number of carbonyl (C=O) groups excluding carboxylic acids is 3. The van der Waals surface area contributed by atoms with Crippen molar-refractivity contribution in [3.63, 3.8) is 0 Å². The van der Waals surface area contributed by atoms with Gasteiger partial charge >= 0.3 is 6.03 Å². The molecule has 14 heavy (non-hydrogen) atoms. The number of hydrogen-bond acceptors (Lipinski definition) is 4. The molecule has 0 saturated heterocycles. The van der Waals surface area contributed by atoms with Gasteiger partial charge in [-0.25, -0.2) is 4.79 Å². The molecule has 4 amide bonds. The summed E-state index contributed by atoms with van der Waals surface area (Å²) in [6, 6.07) is -0.984. The number of amides is 4. The third-order valence-corrected chi connectivity index (χ3v) is 1.32. The van der Waals surface area contributed by atoms with Crippen molar-refractivity contribution < 1.29 is 14.4 Å². The van der Waals surface area contributed by atoms with Gasteiger partial charge < -0.3 is 11.5 Å². The second-order valence-electron chi connectivity index (χ2n) is 2.48. The van der Waals surface area contributed by atoms with E-state index in [1.54, 1.807) is 5.32 Å². The van der Waals surface area contributed by atoms with E-state index in [1.165, 1.54) is 6.92 Å². The van der Waals surface area contributed by atoms with E-state index in [4.69, 9.17) is 11.1 Å². The van der Waals surface area contributed by atoms with Crippen molar-refractivity contribution in [2.75, 3.05) is 0 Å². The third-order valence-electron chi connectivity index (χ3n) is 1.32. The SMILES string of the molecule is CC(C(N)=O)C(=O)NC(=N)NC(N)=O. The smallest absolute Gasteiger partial charge is 0.318 e. The predicted octanol–water partition coefficient (Wildman–Crippen LogP) is -2.17. The molecule has 0 rings (SSSR count). The highest BCUT2D eigenvalue weighted by atomic mass is 16.2. The van der Waals surface area contributed by atoms with Gasteiger partial charge in [0, 0.05) is 0 Å². The van der Waals surface area contributed by atoms with Crippen LogP contribution in [0, 0.1) is 11.3 Å². The summed E-state index contributed by atoms with van der Waals surface area (Å²) in [7, 11) is 0. The lowest BCUT2D eigenvalue weighted by molar-refractivity contribution is -0.131. The molecule has 0 aromatic heterocycles. The molecule has 0 bridgehead atoms. The van der Waals surface area contributed by atoms with Crippen LogP contribution in [0.25, 0.3) is 0 Å². The maximum absolute atomic E-state index is 11.0. The largest absolute Gasteiger partial charge is 0.369 e. The van der Waals surface area contributed by atoms with Gasteiger partial charge in [-0.15, -0.1) is 0 Å². The monoisotopic (exact) mass is 201 g/mol. The maximum atomic E-state index is 11.0. The van der Waals surface area contributed by atoms with E-state index in [0.717, 1.165) is 0 Å². The number of hydrogen-bond donors (Lipinski definition) is 5. The Morgan fingerprint density at radius 1 is 1.21 bits per heavy atom. The average Bonchev–Trinajstić information content (AvgIpc) is 2.00. The minimum absolute atomic E-state index is 0.601. The number of carbonyl (C=O) groups is 3. The standard InChI is InChI=1S/C6H11N5O3/c1-2(3(7)12)4(13)10-5(8)11-6(9)14/h2H,1H3,(H2,7,12)(H5,8,9,10,11,13,14). The minimum Gasteiger partial charge on any atom is -0.369 e. The normalized spacial score (nSPS) is 11.2. The molecule has 0 aromatic rings. The molecule has 1 atom stereocenters. The molecule has 0 radical (unpaired) electrons. The van der Waals surface area contributed by atoms with E-state index in [0.29, 0.717) is 0 Å². The molecule has 0 spiro atoms. The first kappa shape index (κ1) is 11.9. The van der Waals surface area contributed by atoms with Crippen LogP contribution in [0.3, 0.4) is 0 Å². The van der Waals surface area contributed by atoms with Crippen LogP contribution in [0.5, 0.6) is 0 Å². The quantitative estimate of drug-likeness (QED) is 0.196. The molecule has 7 N–H and O–H groups in total. The fraction of sp³-hybridized carbons (Fsp3) is 0.333. The number of nitrogens with two attached hydrogens (primary N) is 2. The maximum Gasteiger partial charge on any atom is 0.318 e. The van der Waals surface area contributed by atoms with E-state index in [1.807, 2.05) is 5.32 Å². The van der Waals surface area contributed by atoms with Crippen molar-refractivity contribution in [1.29, 1.82) is 5.41 Å². The summed E-state index contributed by atoms with van der Waals surface area (Å²) in [6.45, 7) is 1.27. The fourth-order valence-electron chi connectivity index (χ4n) is 0.515. The Morgan fingerprint density at radius 2 is 1.71 bits per heavy atom. The van der Waals surface area contributed by atoms with Crippen molar-refractivity contribution in [1.82, 2.24) is 10.6 Å². The Hall–Kier alpha value is -2.12. The van der Waals surface area contributed by atoms with Crippen molar-refractivity contribution in [2.45, 2.75) is 6.92 Å². The van der Waals surface area contributed by atoms with Crippen LogP contribution >= 0.6 is 0 Å². The predicted molar refractivity (Wildman–Crippen MR) is 46.9 cm³/mol. The van der Waals surface area contributed by atoms with Gasteiger partial charge in [0.15, 0.2) is 0 Å². The summed E-state index contributed by atoms with van der Waals surface area (Å²) in [5.74, 6) is -3.29. The summed E-state index contributed by atoms with van der Waals surface area (Å²) in [5, 5.41) is 10.7. The Balaban J connectivity index is 4.13. The molecule has 0 aromatic carbocycles. The van der Waals surface area contributed by atoms with Gasteiger partial charge in [-0.3, -0.25) is 25.6 Å². The highest BCUT2D eigenvalue weighted by Crippen LogP contribution is 1.91. The van der Waals surface area contributed by atoms with Gasteiger partial charge in [0.25, 0.3) is 0 Å². The second kappa shape index (κ2) is 4.80. The number of guanidine groups is 1. The first-order chi connectivity index (χ1) is 6.34. The average molecular weight is 201 g/mol. The molecule has 0 saturated carbocycles. The lowest BCUT2D eigenvalue weighted by atomic mass is 10.1. The van der Waals surface area contributed by atoms with Gasteiger partial charge in [-0.1, -0.05) is 0 Å². The highest BCUT2D eigenvalue weighted by Gasteiger charge is 2.19. The molecule has 0 aliphatic carbocycles. The molecular formula is C6H11N5O3. The van der Waals surface area contributed by atoms with Crippen LogP contribution in [0.2, 0.25) is 0 Å². The summed E-state index contributed by atoms with van der Waals surface area (Å²) >= 11 is 0. The summed E-state index contributed by atoms with van der Waals surface area (Å²) in [6.07, 6.45) is 0. The molecule has 8 nitrogen and oxygen atoms in total. The fourth-order valence-corrected chi connectivity index (χ4v) is 0.515. The number of nitrogens with one attached hydrogen (secondary N) is 3. The van der Waals surface area contributed by atoms with E-state index in [-0.39, 0.29) is 0 Å². The van der Waals surface area contributed by atoms with Gasteiger partial charge in [0.1, 0.15) is 5.92 Å². The van der Waals surface area contributed by atoms with E-state index < -0.39 is 29.7 Å². The zero-order valence-corrected chi connectivity index (χ0v) is 7.46. The number of rotatable bonds is 2. The van der Waals surface area contributed by atoms with Gasteiger partial charge in [-0.2, -0.15) is 0 Å². The van der Waals surface area contributed by atoms with Gasteiger partial charge in [0.05, 0.1) is 0 Å². The van der Waals surface area contributed by atoms with Crippen LogP contribution in [0.15, 0.2) is 0 Å². The Bertz CT molecular complexity index is 287. The molecule has 78 valence electrons. The van der Waals surface area contributed by atoms with Crippen molar-refractivity contribution in [2.24, 2.45) is 17.4 Å². The zero-order valence-electron chi connectivity index (χ0n) is 7.46. The lowest BCUT2D eigenvalue weighted by Crippen LogP contribution is -2.48. The minimum atomic E-state index is -1.08. The van der Waals surface area contributed by atoms with Crippen LogP contribution in [0.4, 0.5) is 4.79 Å². The molecule has 1 unspecified atom stereocenters. The van der Waals surface area contributed by atoms with Crippen molar-refractivity contribution in [3.8, 4) is 0 Å². The van der Waals surface area contributed by atoms with Crippen LogP contribution < -0.4 is 22.1 Å². The Labute approximate surface area is 79.5 Å². The van der Waals surface area contributed by atoms with Crippen LogP contribution in [0.1, 0.15) is 6.92 Å². The number of urea groups is 1. The molecular weight excluding hydrogens is 190 g/mol. The second-order valence-corrected chi connectivity index (χ2v) is 2.48. The van der Waals surface area contributed by atoms with Gasteiger partial charge in [-0.05, 0) is 6.92 Å². The molecule has 0 aliphatic rings. The Morgan fingerprint density at radius 3 is 2.07 bits per heavy atom. The Kier molecular flexibility index (Phi) is 4.07. The summed E-state index contributed by atoms with van der Waals surface area (Å²) < 4.78 is 0. The molecule has 0 aliphatic heterocycles. The van der Waals surface area contributed by atoms with E-state index in [2.05, 4.69) is 5.73 Å². The molecule has 0 fully saturated rings. The van der Waals surface area contributed by atoms with Gasteiger partial charge in [0.2, 0.25) is 17.8 Å². The van der Waals surface area contributed by atoms with E-state index in [9.17, 15) is 14.4 Å². The topological polar surface area (TPSA) is 151 Å². The third kappa shape index (κ3) is 4.04. The number of primary amides is 2. The van der Waals surface area contributed by atoms with E-state index >= 15 is 0 Å². The first-order valence-electron chi connectivity index (χ1n) is 3.59. The lowest BCUT2D eigenvalue weighted by Gasteiger charge is -2.09. The summed E-state index contributed by atoms with van der Waals surface area (Å²) in [4.78, 5) is 31.8. The van der Waals surface area contributed by atoms with Crippen LogP contribution in [-0.4, -0.2) is 23.8 Å². The highest BCUT2D eigenvalue weighted by molar-refractivity contribution is 6.08. The molecule has 0 heterocycles. The van der Waals surface area contributed by atoms with Crippen LogP contribution in [-0.2, 0) is 9.59 Å². The summed E-state index contributed by atoms with van der Waals surface area (Å²) in [5.41, 5.74) is 9.50. The molecule has 8 heteroatoms. The zero-order chi connectivity index (χ0) is 11.3. The van der Waals surface area contributed by atoms with Crippen molar-refractivity contribution >= 4 is 23.8 Å².